The number of carbonyl (C=O) groups is 2. The molecule has 1 aromatic carbocycles. The first-order chi connectivity index (χ1) is 15.0. The smallest absolute Gasteiger partial charge is 0.409 e. The van der Waals surface area contributed by atoms with E-state index in [4.69, 9.17) is 4.74 Å². The highest BCUT2D eigenvalue weighted by Gasteiger charge is 2.46. The number of piperidine rings is 1. The SMILES string of the molecule is COC(=O)N1Cc2nnc(-c3ccc(F)cc3)n2C2(CCN(C(=O)CC3CC3)CC2)C1. The summed E-state index contributed by atoms with van der Waals surface area (Å²) in [6.07, 6.45) is 3.93. The van der Waals surface area contributed by atoms with Gasteiger partial charge < -0.3 is 14.2 Å². The molecular formula is C22H26FN5O3. The fourth-order valence-corrected chi connectivity index (χ4v) is 4.87. The largest absolute Gasteiger partial charge is 0.453 e. The number of aromatic nitrogens is 3. The molecule has 5 rings (SSSR count). The summed E-state index contributed by atoms with van der Waals surface area (Å²) in [5, 5.41) is 8.76. The second-order valence-electron chi connectivity index (χ2n) is 8.86. The molecule has 0 unspecified atom stereocenters. The van der Waals surface area contributed by atoms with E-state index in [9.17, 15) is 14.0 Å². The summed E-state index contributed by atoms with van der Waals surface area (Å²) in [7, 11) is 1.37. The number of ether oxygens (including phenoxy) is 1. The predicted octanol–water partition coefficient (Wildman–Crippen LogP) is 2.78. The van der Waals surface area contributed by atoms with Gasteiger partial charge in [0.25, 0.3) is 0 Å². The average Bonchev–Trinajstić information content (AvgIpc) is 3.49. The highest BCUT2D eigenvalue weighted by molar-refractivity contribution is 5.77. The molecule has 0 radical (unpaired) electrons. The van der Waals surface area contributed by atoms with Crippen LogP contribution in [0, 0.1) is 11.7 Å². The number of fused-ring (bicyclic) bond motifs is 2. The van der Waals surface area contributed by atoms with Crippen molar-refractivity contribution in [3.8, 4) is 11.4 Å². The number of methoxy groups -OCH3 is 1. The molecular weight excluding hydrogens is 401 g/mol. The minimum Gasteiger partial charge on any atom is -0.453 e. The van der Waals surface area contributed by atoms with Crippen LogP contribution in [0.25, 0.3) is 11.4 Å². The number of halogens is 1. The summed E-state index contributed by atoms with van der Waals surface area (Å²) in [5.41, 5.74) is 0.337. The van der Waals surface area contributed by atoms with Crippen molar-refractivity contribution in [1.82, 2.24) is 24.6 Å². The minimum absolute atomic E-state index is 0.223. The topological polar surface area (TPSA) is 80.6 Å². The molecule has 164 valence electrons. The number of nitrogens with zero attached hydrogens (tertiary/aromatic N) is 5. The molecule has 1 aliphatic carbocycles. The summed E-state index contributed by atoms with van der Waals surface area (Å²) in [6, 6.07) is 6.21. The lowest BCUT2D eigenvalue weighted by atomic mass is 9.84. The monoisotopic (exact) mass is 427 g/mol. The van der Waals surface area contributed by atoms with Gasteiger partial charge in [-0.05, 0) is 55.9 Å². The van der Waals surface area contributed by atoms with Gasteiger partial charge in [0, 0.05) is 31.6 Å². The van der Waals surface area contributed by atoms with Gasteiger partial charge in [0.2, 0.25) is 5.91 Å². The molecule has 8 nitrogen and oxygen atoms in total. The van der Waals surface area contributed by atoms with Crippen LogP contribution >= 0.6 is 0 Å². The molecule has 2 aromatic rings. The number of benzene rings is 1. The first-order valence-electron chi connectivity index (χ1n) is 10.8. The molecule has 9 heteroatoms. The fourth-order valence-electron chi connectivity index (χ4n) is 4.87. The number of hydrogen-bond donors (Lipinski definition) is 0. The Labute approximate surface area is 180 Å². The molecule has 0 bridgehead atoms. The number of rotatable bonds is 3. The van der Waals surface area contributed by atoms with Crippen molar-refractivity contribution >= 4 is 12.0 Å². The van der Waals surface area contributed by atoms with Crippen molar-refractivity contribution in [2.45, 2.75) is 44.2 Å². The number of carbonyl (C=O) groups excluding carboxylic acids is 2. The van der Waals surface area contributed by atoms with Crippen molar-refractivity contribution in [2.24, 2.45) is 5.92 Å². The highest BCUT2D eigenvalue weighted by Crippen LogP contribution is 2.40. The standard InChI is InChI=1S/C22H26FN5O3/c1-31-21(30)27-13-18-24-25-20(16-4-6-17(23)7-5-16)28(18)22(14-27)8-10-26(11-9-22)19(29)12-15-2-3-15/h4-7,15H,2-3,8-14H2,1H3. The third-order valence-corrected chi connectivity index (χ3v) is 6.76. The van der Waals surface area contributed by atoms with Crippen LogP contribution in [0.2, 0.25) is 0 Å². The normalized spacial score (nSPS) is 19.9. The Hall–Kier alpha value is -2.97. The van der Waals surface area contributed by atoms with E-state index in [0.29, 0.717) is 63.0 Å². The van der Waals surface area contributed by atoms with Gasteiger partial charge in [-0.1, -0.05) is 0 Å². The first kappa shape index (κ1) is 20.0. The molecule has 3 heterocycles. The van der Waals surface area contributed by atoms with Gasteiger partial charge in [-0.3, -0.25) is 9.69 Å². The summed E-state index contributed by atoms with van der Waals surface area (Å²) < 4.78 is 20.6. The van der Waals surface area contributed by atoms with Crippen molar-refractivity contribution < 1.29 is 18.7 Å². The van der Waals surface area contributed by atoms with Gasteiger partial charge >= 0.3 is 6.09 Å². The summed E-state index contributed by atoms with van der Waals surface area (Å²) in [6.45, 7) is 2.01. The van der Waals surface area contributed by atoms with E-state index in [1.807, 2.05) is 4.90 Å². The lowest BCUT2D eigenvalue weighted by molar-refractivity contribution is -0.134. The molecule has 1 saturated carbocycles. The Kier molecular flexibility index (Phi) is 4.91. The van der Waals surface area contributed by atoms with E-state index in [-0.39, 0.29) is 11.7 Å². The third-order valence-electron chi connectivity index (χ3n) is 6.76. The van der Waals surface area contributed by atoms with Crippen LogP contribution in [-0.4, -0.2) is 63.3 Å². The van der Waals surface area contributed by atoms with Gasteiger partial charge in [-0.25, -0.2) is 9.18 Å². The van der Waals surface area contributed by atoms with E-state index in [1.165, 1.54) is 19.2 Å². The van der Waals surface area contributed by atoms with Crippen molar-refractivity contribution in [1.29, 1.82) is 0 Å². The molecule has 2 aliphatic heterocycles. The lowest BCUT2D eigenvalue weighted by Gasteiger charge is -2.48. The number of likely N-dealkylation sites (tertiary alicyclic amines) is 1. The average molecular weight is 427 g/mol. The minimum atomic E-state index is -0.439. The van der Waals surface area contributed by atoms with Crippen LogP contribution in [0.1, 0.15) is 37.9 Å². The maximum Gasteiger partial charge on any atom is 0.409 e. The van der Waals surface area contributed by atoms with E-state index in [1.54, 1.807) is 17.0 Å². The second-order valence-corrected chi connectivity index (χ2v) is 8.86. The Morgan fingerprint density at radius 1 is 1.13 bits per heavy atom. The zero-order valence-electron chi connectivity index (χ0n) is 17.6. The predicted molar refractivity (Wildman–Crippen MR) is 109 cm³/mol. The van der Waals surface area contributed by atoms with Gasteiger partial charge in [-0.2, -0.15) is 0 Å². The summed E-state index contributed by atoms with van der Waals surface area (Å²) in [4.78, 5) is 28.6. The quantitative estimate of drug-likeness (QED) is 0.753. The maximum atomic E-state index is 13.5. The Morgan fingerprint density at radius 2 is 1.84 bits per heavy atom. The van der Waals surface area contributed by atoms with Gasteiger partial charge in [-0.15, -0.1) is 10.2 Å². The number of amides is 2. The second kappa shape index (κ2) is 7.62. The van der Waals surface area contributed by atoms with Crippen LogP contribution in [0.5, 0.6) is 0 Å². The fraction of sp³-hybridized carbons (Fsp3) is 0.545. The zero-order chi connectivity index (χ0) is 21.6. The van der Waals surface area contributed by atoms with Gasteiger partial charge in [0.15, 0.2) is 11.6 Å². The van der Waals surface area contributed by atoms with Crippen molar-refractivity contribution in [2.75, 3.05) is 26.7 Å². The van der Waals surface area contributed by atoms with Crippen LogP contribution in [-0.2, 0) is 21.6 Å². The third kappa shape index (κ3) is 3.66. The lowest BCUT2D eigenvalue weighted by Crippen LogP contribution is -2.57. The van der Waals surface area contributed by atoms with Gasteiger partial charge in [0.1, 0.15) is 5.82 Å². The molecule has 1 saturated heterocycles. The highest BCUT2D eigenvalue weighted by atomic mass is 19.1. The summed E-state index contributed by atoms with van der Waals surface area (Å²) in [5.74, 6) is 1.81. The van der Waals surface area contributed by atoms with E-state index in [0.717, 1.165) is 18.4 Å². The van der Waals surface area contributed by atoms with E-state index >= 15 is 0 Å². The first-order valence-corrected chi connectivity index (χ1v) is 10.8. The Balaban J connectivity index is 1.47. The molecule has 2 amide bonds. The summed E-state index contributed by atoms with van der Waals surface area (Å²) >= 11 is 0. The molecule has 1 aromatic heterocycles. The molecule has 2 fully saturated rings. The molecule has 0 N–H and O–H groups in total. The molecule has 3 aliphatic rings. The van der Waals surface area contributed by atoms with Crippen LogP contribution < -0.4 is 0 Å². The van der Waals surface area contributed by atoms with E-state index < -0.39 is 11.6 Å². The van der Waals surface area contributed by atoms with Crippen LogP contribution in [0.3, 0.4) is 0 Å². The molecule has 31 heavy (non-hydrogen) atoms. The zero-order valence-corrected chi connectivity index (χ0v) is 17.6. The van der Waals surface area contributed by atoms with Crippen LogP contribution in [0.4, 0.5) is 9.18 Å². The van der Waals surface area contributed by atoms with Crippen molar-refractivity contribution in [3.05, 3.63) is 35.9 Å². The maximum absolute atomic E-state index is 13.5. The van der Waals surface area contributed by atoms with Gasteiger partial charge in [0.05, 0.1) is 19.2 Å². The molecule has 0 atom stereocenters. The van der Waals surface area contributed by atoms with Crippen LogP contribution in [0.15, 0.2) is 24.3 Å². The van der Waals surface area contributed by atoms with E-state index in [2.05, 4.69) is 14.8 Å². The Bertz CT molecular complexity index is 993. The number of hydrogen-bond acceptors (Lipinski definition) is 5. The molecule has 1 spiro atoms. The van der Waals surface area contributed by atoms with Crippen molar-refractivity contribution in [3.63, 3.8) is 0 Å². The Morgan fingerprint density at radius 3 is 2.48 bits per heavy atom.